The van der Waals surface area contributed by atoms with Crippen molar-refractivity contribution in [3.8, 4) is 5.75 Å². The number of hydrogen-bond donors (Lipinski definition) is 2. The number of hydrogen-bond acceptors (Lipinski definition) is 3. The van der Waals surface area contributed by atoms with Gasteiger partial charge in [-0.1, -0.05) is 18.2 Å². The summed E-state index contributed by atoms with van der Waals surface area (Å²) < 4.78 is 29.0. The molecular weight excluding hydrogens is 302 g/mol. The number of rotatable bonds is 5. The summed E-state index contributed by atoms with van der Waals surface area (Å²) in [6.07, 6.45) is 0.772. The van der Waals surface area contributed by atoms with E-state index in [1.807, 2.05) is 6.92 Å². The van der Waals surface area contributed by atoms with E-state index >= 15 is 0 Å². The second-order valence-electron chi connectivity index (χ2n) is 5.16. The molecule has 1 heterocycles. The van der Waals surface area contributed by atoms with Crippen LogP contribution in [0.15, 0.2) is 24.3 Å². The highest BCUT2D eigenvalue weighted by atomic mass is 35.5. The molecule has 1 aliphatic rings. The molecule has 1 amide bonds. The van der Waals surface area contributed by atoms with E-state index in [1.165, 1.54) is 6.07 Å². The number of nitrogens with one attached hydrogen (secondary N) is 2. The Bertz CT molecular complexity index is 480. The molecule has 7 heteroatoms. The highest BCUT2D eigenvalue weighted by Gasteiger charge is 2.36. The Hall–Kier alpha value is -1.40. The Morgan fingerprint density at radius 1 is 1.48 bits per heavy atom. The van der Waals surface area contributed by atoms with Crippen LogP contribution in [0.5, 0.6) is 5.75 Å². The van der Waals surface area contributed by atoms with Gasteiger partial charge in [-0.3, -0.25) is 4.79 Å². The molecule has 0 aromatic heterocycles. The van der Waals surface area contributed by atoms with E-state index < -0.39 is 12.0 Å². The van der Waals surface area contributed by atoms with Crippen LogP contribution in [0.2, 0.25) is 0 Å². The van der Waals surface area contributed by atoms with Crippen molar-refractivity contribution in [2.75, 3.05) is 13.1 Å². The van der Waals surface area contributed by atoms with Gasteiger partial charge in [-0.05, 0) is 26.0 Å². The van der Waals surface area contributed by atoms with Crippen molar-refractivity contribution in [3.05, 3.63) is 29.8 Å². The lowest BCUT2D eigenvalue weighted by molar-refractivity contribution is -0.129. The molecule has 1 unspecified atom stereocenters. The Morgan fingerprint density at radius 3 is 2.81 bits per heavy atom. The highest BCUT2D eigenvalue weighted by molar-refractivity contribution is 5.85. The number of amides is 1. The van der Waals surface area contributed by atoms with E-state index in [0.29, 0.717) is 12.1 Å². The van der Waals surface area contributed by atoms with Crippen molar-refractivity contribution in [3.63, 3.8) is 0 Å². The lowest BCUT2D eigenvalue weighted by Crippen LogP contribution is -2.40. The van der Waals surface area contributed by atoms with Gasteiger partial charge in [0.15, 0.2) is 0 Å². The van der Waals surface area contributed by atoms with E-state index in [0.717, 1.165) is 13.0 Å². The number of alkyl halides is 2. The standard InChI is InChI=1S/C14H18F2N2O2.ClH/c1-14(6-7-17-9-14)12(19)18-8-10-4-2-3-5-11(10)20-13(15)16;/h2-5,13,17H,6-9H2,1H3,(H,18,19);1H. The Labute approximate surface area is 128 Å². The number of para-hydroxylation sites is 1. The third kappa shape index (κ3) is 4.54. The van der Waals surface area contributed by atoms with Crippen molar-refractivity contribution in [2.45, 2.75) is 26.5 Å². The second kappa shape index (κ2) is 7.56. The molecular formula is C14H19ClF2N2O2. The predicted octanol–water partition coefficient (Wildman–Crippen LogP) is 2.33. The molecule has 1 fully saturated rings. The normalized spacial score (nSPS) is 21.0. The average Bonchev–Trinajstić information content (AvgIpc) is 2.85. The number of benzene rings is 1. The zero-order valence-corrected chi connectivity index (χ0v) is 12.5. The summed E-state index contributed by atoms with van der Waals surface area (Å²) in [6, 6.07) is 6.46. The van der Waals surface area contributed by atoms with Gasteiger partial charge in [0.25, 0.3) is 0 Å². The minimum absolute atomic E-state index is 0. The molecule has 2 rings (SSSR count). The van der Waals surface area contributed by atoms with E-state index in [4.69, 9.17) is 0 Å². The molecule has 1 saturated heterocycles. The fourth-order valence-corrected chi connectivity index (χ4v) is 2.26. The quantitative estimate of drug-likeness (QED) is 0.875. The van der Waals surface area contributed by atoms with E-state index in [-0.39, 0.29) is 30.6 Å². The summed E-state index contributed by atoms with van der Waals surface area (Å²) in [5.74, 6) is 0.0202. The first-order valence-electron chi connectivity index (χ1n) is 6.53. The molecule has 21 heavy (non-hydrogen) atoms. The Balaban J connectivity index is 0.00000220. The van der Waals surface area contributed by atoms with Gasteiger partial charge in [-0.25, -0.2) is 0 Å². The smallest absolute Gasteiger partial charge is 0.387 e. The van der Waals surface area contributed by atoms with Gasteiger partial charge in [-0.2, -0.15) is 8.78 Å². The molecule has 0 spiro atoms. The van der Waals surface area contributed by atoms with Gasteiger partial charge in [0, 0.05) is 18.7 Å². The maximum absolute atomic E-state index is 12.3. The molecule has 118 valence electrons. The zero-order valence-electron chi connectivity index (χ0n) is 11.7. The Kier molecular flexibility index (Phi) is 6.36. The number of halogens is 3. The van der Waals surface area contributed by atoms with Gasteiger partial charge < -0.3 is 15.4 Å². The molecule has 1 aromatic carbocycles. The summed E-state index contributed by atoms with van der Waals surface area (Å²) in [5.41, 5.74) is 0.106. The molecule has 1 aliphatic heterocycles. The third-order valence-corrected chi connectivity index (χ3v) is 3.54. The van der Waals surface area contributed by atoms with Crippen LogP contribution in [-0.2, 0) is 11.3 Å². The number of ether oxygens (including phenoxy) is 1. The highest BCUT2D eigenvalue weighted by Crippen LogP contribution is 2.25. The average molecular weight is 321 g/mol. The van der Waals surface area contributed by atoms with Crippen LogP contribution in [0, 0.1) is 5.41 Å². The molecule has 1 aromatic rings. The number of carbonyl (C=O) groups is 1. The van der Waals surface area contributed by atoms with Crippen LogP contribution in [-0.4, -0.2) is 25.6 Å². The van der Waals surface area contributed by atoms with Crippen LogP contribution in [0.1, 0.15) is 18.9 Å². The summed E-state index contributed by atoms with van der Waals surface area (Å²) in [4.78, 5) is 12.1. The minimum atomic E-state index is -2.87. The van der Waals surface area contributed by atoms with Crippen molar-refractivity contribution in [1.29, 1.82) is 0 Å². The predicted molar refractivity (Wildman–Crippen MR) is 77.8 cm³/mol. The summed E-state index contributed by atoms with van der Waals surface area (Å²) in [7, 11) is 0. The molecule has 4 nitrogen and oxygen atoms in total. The lowest BCUT2D eigenvalue weighted by atomic mass is 9.89. The minimum Gasteiger partial charge on any atom is -0.434 e. The van der Waals surface area contributed by atoms with Crippen LogP contribution < -0.4 is 15.4 Å². The first kappa shape index (κ1) is 17.7. The zero-order chi connectivity index (χ0) is 14.6. The topological polar surface area (TPSA) is 50.4 Å². The fraction of sp³-hybridized carbons (Fsp3) is 0.500. The molecule has 0 radical (unpaired) electrons. The summed E-state index contributed by atoms with van der Waals surface area (Å²) in [5, 5.41) is 5.94. The monoisotopic (exact) mass is 320 g/mol. The van der Waals surface area contributed by atoms with Gasteiger partial charge in [0.05, 0.1) is 5.41 Å². The molecule has 0 aliphatic carbocycles. The van der Waals surface area contributed by atoms with Gasteiger partial charge in [-0.15, -0.1) is 12.4 Å². The third-order valence-electron chi connectivity index (χ3n) is 3.54. The van der Waals surface area contributed by atoms with E-state index in [1.54, 1.807) is 18.2 Å². The second-order valence-corrected chi connectivity index (χ2v) is 5.16. The molecule has 0 bridgehead atoms. The fourth-order valence-electron chi connectivity index (χ4n) is 2.26. The van der Waals surface area contributed by atoms with Crippen molar-refractivity contribution < 1.29 is 18.3 Å². The SMILES string of the molecule is CC1(C(=O)NCc2ccccc2OC(F)F)CCNC1.Cl. The van der Waals surface area contributed by atoms with Crippen LogP contribution in [0.25, 0.3) is 0 Å². The van der Waals surface area contributed by atoms with Crippen LogP contribution in [0.3, 0.4) is 0 Å². The van der Waals surface area contributed by atoms with Crippen molar-refractivity contribution in [2.24, 2.45) is 5.41 Å². The van der Waals surface area contributed by atoms with Crippen LogP contribution in [0.4, 0.5) is 8.78 Å². The maximum Gasteiger partial charge on any atom is 0.387 e. The van der Waals surface area contributed by atoms with E-state index in [2.05, 4.69) is 15.4 Å². The maximum atomic E-state index is 12.3. The van der Waals surface area contributed by atoms with Crippen molar-refractivity contribution >= 4 is 18.3 Å². The largest absolute Gasteiger partial charge is 0.434 e. The number of carbonyl (C=O) groups excluding carboxylic acids is 1. The summed E-state index contributed by atoms with van der Waals surface area (Å²) >= 11 is 0. The first-order chi connectivity index (χ1) is 9.51. The van der Waals surface area contributed by atoms with Gasteiger partial charge >= 0.3 is 6.61 Å². The van der Waals surface area contributed by atoms with Crippen molar-refractivity contribution in [1.82, 2.24) is 10.6 Å². The lowest BCUT2D eigenvalue weighted by Gasteiger charge is -2.22. The van der Waals surface area contributed by atoms with E-state index in [9.17, 15) is 13.6 Å². The van der Waals surface area contributed by atoms with Gasteiger partial charge in [0.1, 0.15) is 5.75 Å². The molecule has 0 saturated carbocycles. The summed E-state index contributed by atoms with van der Waals surface area (Å²) in [6.45, 7) is 0.646. The van der Waals surface area contributed by atoms with Gasteiger partial charge in [0.2, 0.25) is 5.91 Å². The Morgan fingerprint density at radius 2 is 2.19 bits per heavy atom. The van der Waals surface area contributed by atoms with Crippen LogP contribution >= 0.6 is 12.4 Å². The molecule has 2 N–H and O–H groups in total. The molecule has 1 atom stereocenters. The first-order valence-corrected chi connectivity index (χ1v) is 6.53.